The topological polar surface area (TPSA) is 111 Å². The van der Waals surface area contributed by atoms with Gasteiger partial charge in [0.2, 0.25) is 0 Å². The standard InChI is InChI=1S/C18H17N7OS/c1-27-25-12-5-2-4-11(8-12)18(26)21-10-15-22-17(24-23-15)14-9-20-16-13(14)6-3-7-19-16/h2-9,25H,10H2,1H3,(H,19,20)(H,21,26)(H,22,23,24). The molecule has 136 valence electrons. The van der Waals surface area contributed by atoms with Gasteiger partial charge in [0.25, 0.3) is 5.91 Å². The van der Waals surface area contributed by atoms with Gasteiger partial charge in [0.05, 0.1) is 6.54 Å². The first-order valence-corrected chi connectivity index (χ1v) is 9.48. The van der Waals surface area contributed by atoms with Crippen LogP contribution < -0.4 is 10.0 Å². The Bertz CT molecular complexity index is 1090. The molecule has 0 aliphatic carbocycles. The monoisotopic (exact) mass is 379 g/mol. The van der Waals surface area contributed by atoms with E-state index >= 15 is 0 Å². The molecule has 3 aromatic heterocycles. The highest BCUT2D eigenvalue weighted by molar-refractivity contribution is 7.99. The molecule has 4 N–H and O–H groups in total. The molecule has 0 bridgehead atoms. The van der Waals surface area contributed by atoms with E-state index in [1.807, 2.05) is 36.7 Å². The molecule has 0 aliphatic heterocycles. The number of carbonyl (C=O) groups excluding carboxylic acids is 1. The predicted octanol–water partition coefficient (Wildman–Crippen LogP) is 2.97. The lowest BCUT2D eigenvalue weighted by Crippen LogP contribution is -2.23. The number of fused-ring (bicyclic) bond motifs is 1. The van der Waals surface area contributed by atoms with Crippen LogP contribution in [0.5, 0.6) is 0 Å². The van der Waals surface area contributed by atoms with Gasteiger partial charge in [-0.3, -0.25) is 9.89 Å². The Morgan fingerprint density at radius 1 is 1.26 bits per heavy atom. The van der Waals surface area contributed by atoms with E-state index in [9.17, 15) is 4.79 Å². The second-order valence-electron chi connectivity index (χ2n) is 5.78. The summed E-state index contributed by atoms with van der Waals surface area (Å²) in [5.41, 5.74) is 3.11. The Labute approximate surface area is 159 Å². The Hall–Kier alpha value is -3.33. The average Bonchev–Trinajstić information content (AvgIpc) is 3.33. The Morgan fingerprint density at radius 2 is 2.19 bits per heavy atom. The smallest absolute Gasteiger partial charge is 0.251 e. The van der Waals surface area contributed by atoms with E-state index in [-0.39, 0.29) is 12.5 Å². The van der Waals surface area contributed by atoms with E-state index in [0.29, 0.717) is 17.2 Å². The van der Waals surface area contributed by atoms with Crippen molar-refractivity contribution in [2.45, 2.75) is 6.54 Å². The normalized spacial score (nSPS) is 10.9. The van der Waals surface area contributed by atoms with Crippen molar-refractivity contribution in [1.29, 1.82) is 0 Å². The maximum Gasteiger partial charge on any atom is 0.251 e. The first kappa shape index (κ1) is 17.1. The van der Waals surface area contributed by atoms with Crippen LogP contribution in [0.3, 0.4) is 0 Å². The fourth-order valence-electron chi connectivity index (χ4n) is 2.74. The molecule has 27 heavy (non-hydrogen) atoms. The van der Waals surface area contributed by atoms with Crippen molar-refractivity contribution in [2.75, 3.05) is 11.0 Å². The van der Waals surface area contributed by atoms with Crippen molar-refractivity contribution in [2.24, 2.45) is 0 Å². The Kier molecular flexibility index (Phi) is 4.75. The highest BCUT2D eigenvalue weighted by Gasteiger charge is 2.13. The lowest BCUT2D eigenvalue weighted by Gasteiger charge is -2.06. The summed E-state index contributed by atoms with van der Waals surface area (Å²) in [6.07, 6.45) is 5.48. The second-order valence-corrected chi connectivity index (χ2v) is 6.39. The number of aromatic nitrogens is 5. The highest BCUT2D eigenvalue weighted by Crippen LogP contribution is 2.24. The Balaban J connectivity index is 1.45. The number of aromatic amines is 2. The van der Waals surface area contributed by atoms with Crippen LogP contribution in [0.1, 0.15) is 16.2 Å². The maximum atomic E-state index is 12.4. The summed E-state index contributed by atoms with van der Waals surface area (Å²) < 4.78 is 3.11. The van der Waals surface area contributed by atoms with Gasteiger partial charge in [-0.05, 0) is 30.3 Å². The zero-order valence-corrected chi connectivity index (χ0v) is 15.3. The van der Waals surface area contributed by atoms with Gasteiger partial charge in [0, 0.05) is 40.8 Å². The minimum absolute atomic E-state index is 0.172. The number of carbonyl (C=O) groups is 1. The van der Waals surface area contributed by atoms with Crippen LogP contribution in [0.2, 0.25) is 0 Å². The summed E-state index contributed by atoms with van der Waals surface area (Å²) in [5, 5.41) is 10.9. The van der Waals surface area contributed by atoms with Gasteiger partial charge >= 0.3 is 0 Å². The van der Waals surface area contributed by atoms with E-state index in [1.165, 1.54) is 11.9 Å². The van der Waals surface area contributed by atoms with E-state index in [1.54, 1.807) is 18.3 Å². The predicted molar refractivity (Wildman–Crippen MR) is 106 cm³/mol. The van der Waals surface area contributed by atoms with Crippen LogP contribution in [-0.4, -0.2) is 37.3 Å². The largest absolute Gasteiger partial charge is 0.345 e. The summed E-state index contributed by atoms with van der Waals surface area (Å²) in [7, 11) is 0. The van der Waals surface area contributed by atoms with Gasteiger partial charge in [0.1, 0.15) is 11.5 Å². The number of hydrogen-bond donors (Lipinski definition) is 4. The van der Waals surface area contributed by atoms with Crippen molar-refractivity contribution in [3.05, 3.63) is 60.2 Å². The third kappa shape index (κ3) is 3.63. The minimum atomic E-state index is -0.172. The number of anilines is 1. The molecule has 3 heterocycles. The third-order valence-corrected chi connectivity index (χ3v) is 4.42. The Morgan fingerprint density at radius 3 is 3.07 bits per heavy atom. The van der Waals surface area contributed by atoms with E-state index in [0.717, 1.165) is 22.3 Å². The van der Waals surface area contributed by atoms with Crippen LogP contribution in [-0.2, 0) is 6.54 Å². The van der Waals surface area contributed by atoms with Gasteiger partial charge in [0.15, 0.2) is 5.82 Å². The molecule has 0 saturated carbocycles. The molecule has 0 aliphatic rings. The molecule has 0 atom stereocenters. The van der Waals surface area contributed by atoms with Crippen LogP contribution in [0, 0.1) is 0 Å². The van der Waals surface area contributed by atoms with Crippen molar-refractivity contribution in [1.82, 2.24) is 30.5 Å². The lowest BCUT2D eigenvalue weighted by molar-refractivity contribution is 0.0950. The molecular weight excluding hydrogens is 362 g/mol. The highest BCUT2D eigenvalue weighted by atomic mass is 32.2. The van der Waals surface area contributed by atoms with Crippen LogP contribution >= 0.6 is 11.9 Å². The fraction of sp³-hybridized carbons (Fsp3) is 0.111. The van der Waals surface area contributed by atoms with Crippen LogP contribution in [0.15, 0.2) is 48.8 Å². The van der Waals surface area contributed by atoms with Gasteiger partial charge in [-0.2, -0.15) is 5.10 Å². The molecule has 0 radical (unpaired) electrons. The number of nitrogens with one attached hydrogen (secondary N) is 4. The lowest BCUT2D eigenvalue weighted by atomic mass is 10.2. The zero-order valence-electron chi connectivity index (χ0n) is 14.5. The van der Waals surface area contributed by atoms with Gasteiger partial charge in [-0.1, -0.05) is 18.0 Å². The molecule has 4 rings (SSSR count). The van der Waals surface area contributed by atoms with Gasteiger partial charge in [-0.25, -0.2) is 9.97 Å². The van der Waals surface area contributed by atoms with E-state index < -0.39 is 0 Å². The molecule has 1 aromatic carbocycles. The summed E-state index contributed by atoms with van der Waals surface area (Å²) in [6.45, 7) is 0.257. The van der Waals surface area contributed by atoms with Crippen molar-refractivity contribution in [3.8, 4) is 11.4 Å². The summed E-state index contributed by atoms with van der Waals surface area (Å²) in [6, 6.07) is 11.1. The second kappa shape index (κ2) is 7.50. The summed E-state index contributed by atoms with van der Waals surface area (Å²) in [5.74, 6) is 0.966. The summed E-state index contributed by atoms with van der Waals surface area (Å²) in [4.78, 5) is 24.2. The number of H-pyrrole nitrogens is 2. The molecule has 8 nitrogen and oxygen atoms in total. The molecule has 0 spiro atoms. The van der Waals surface area contributed by atoms with Crippen molar-refractivity contribution < 1.29 is 4.79 Å². The first-order valence-electron chi connectivity index (χ1n) is 8.25. The average molecular weight is 379 g/mol. The number of pyridine rings is 1. The number of hydrogen-bond acceptors (Lipinski definition) is 6. The molecule has 4 aromatic rings. The molecular formula is C18H17N7OS. The van der Waals surface area contributed by atoms with Crippen LogP contribution in [0.25, 0.3) is 22.4 Å². The molecule has 0 saturated heterocycles. The van der Waals surface area contributed by atoms with E-state index in [2.05, 4.69) is 35.2 Å². The van der Waals surface area contributed by atoms with E-state index in [4.69, 9.17) is 0 Å². The minimum Gasteiger partial charge on any atom is -0.345 e. The fourth-order valence-corrected chi connectivity index (χ4v) is 3.11. The molecule has 0 unspecified atom stereocenters. The first-order chi connectivity index (χ1) is 13.2. The van der Waals surface area contributed by atoms with Gasteiger partial charge in [-0.15, -0.1) is 0 Å². The zero-order chi connectivity index (χ0) is 18.6. The number of amides is 1. The maximum absolute atomic E-state index is 12.4. The molecule has 9 heteroatoms. The third-order valence-electron chi connectivity index (χ3n) is 3.98. The quantitative estimate of drug-likeness (QED) is 0.383. The number of benzene rings is 1. The van der Waals surface area contributed by atoms with Crippen LogP contribution in [0.4, 0.5) is 5.69 Å². The van der Waals surface area contributed by atoms with Crippen molar-refractivity contribution in [3.63, 3.8) is 0 Å². The number of nitrogens with zero attached hydrogens (tertiary/aromatic N) is 3. The van der Waals surface area contributed by atoms with Crippen molar-refractivity contribution >= 4 is 34.6 Å². The number of rotatable bonds is 6. The molecule has 0 fully saturated rings. The van der Waals surface area contributed by atoms with Gasteiger partial charge < -0.3 is 15.0 Å². The summed E-state index contributed by atoms with van der Waals surface area (Å²) >= 11 is 1.48. The SMILES string of the molecule is CSNc1cccc(C(=O)NCc2nc(-c3c[nH]c4ncccc34)n[nH]2)c1. The molecule has 1 amide bonds.